The maximum absolute atomic E-state index is 12.2. The fourth-order valence-corrected chi connectivity index (χ4v) is 3.34. The topological polar surface area (TPSA) is 66.7 Å². The fourth-order valence-electron chi connectivity index (χ4n) is 3.34. The van der Waals surface area contributed by atoms with E-state index in [2.05, 4.69) is 27.7 Å². The molecule has 1 aromatic heterocycles. The first kappa shape index (κ1) is 18.5. The highest BCUT2D eigenvalue weighted by Gasteiger charge is 2.13. The summed E-state index contributed by atoms with van der Waals surface area (Å²) in [6.07, 6.45) is 0. The Labute approximate surface area is 164 Å². The van der Waals surface area contributed by atoms with E-state index in [4.69, 9.17) is 9.15 Å². The molecule has 3 aromatic rings. The molecule has 146 valence electrons. The minimum Gasteiger partial charge on any atom is -0.486 e. The third kappa shape index (κ3) is 4.71. The first-order valence-electron chi connectivity index (χ1n) is 9.69. The minimum atomic E-state index is -0.188. The smallest absolute Gasteiger partial charge is 0.287 e. The first-order chi connectivity index (χ1) is 13.8. The van der Waals surface area contributed by atoms with Crippen molar-refractivity contribution >= 4 is 16.7 Å². The Balaban J connectivity index is 1.26. The minimum absolute atomic E-state index is 0.188. The second-order valence-corrected chi connectivity index (χ2v) is 6.91. The van der Waals surface area contributed by atoms with Gasteiger partial charge in [-0.3, -0.25) is 9.69 Å². The largest absolute Gasteiger partial charge is 0.486 e. The average Bonchev–Trinajstić information content (AvgIpc) is 3.22. The van der Waals surface area contributed by atoms with Crippen LogP contribution < -0.4 is 15.4 Å². The maximum atomic E-state index is 12.2. The Morgan fingerprint density at radius 3 is 2.75 bits per heavy atom. The van der Waals surface area contributed by atoms with Crippen molar-refractivity contribution in [2.45, 2.75) is 6.61 Å². The van der Waals surface area contributed by atoms with Gasteiger partial charge in [-0.1, -0.05) is 30.3 Å². The van der Waals surface area contributed by atoms with Crippen molar-refractivity contribution in [3.63, 3.8) is 0 Å². The van der Waals surface area contributed by atoms with E-state index in [0.717, 1.165) is 43.9 Å². The van der Waals surface area contributed by atoms with Crippen molar-refractivity contribution in [1.29, 1.82) is 0 Å². The highest BCUT2D eigenvalue weighted by atomic mass is 16.5. The monoisotopic (exact) mass is 379 g/mol. The van der Waals surface area contributed by atoms with Crippen LogP contribution in [0.5, 0.6) is 5.75 Å². The van der Waals surface area contributed by atoms with E-state index in [1.165, 1.54) is 5.39 Å². The number of furan rings is 1. The quantitative estimate of drug-likeness (QED) is 0.661. The molecule has 2 heterocycles. The van der Waals surface area contributed by atoms with Crippen molar-refractivity contribution in [2.75, 3.05) is 39.3 Å². The van der Waals surface area contributed by atoms with Crippen molar-refractivity contribution in [3.05, 3.63) is 66.1 Å². The molecule has 28 heavy (non-hydrogen) atoms. The van der Waals surface area contributed by atoms with Gasteiger partial charge >= 0.3 is 0 Å². The second kappa shape index (κ2) is 8.91. The zero-order chi connectivity index (χ0) is 19.2. The van der Waals surface area contributed by atoms with Gasteiger partial charge in [0.2, 0.25) is 0 Å². The van der Waals surface area contributed by atoms with E-state index >= 15 is 0 Å². The Morgan fingerprint density at radius 1 is 1.07 bits per heavy atom. The number of ether oxygens (including phenoxy) is 1. The van der Waals surface area contributed by atoms with E-state index < -0.39 is 0 Å². The van der Waals surface area contributed by atoms with Gasteiger partial charge in [0, 0.05) is 39.3 Å². The summed E-state index contributed by atoms with van der Waals surface area (Å²) < 4.78 is 11.5. The lowest BCUT2D eigenvalue weighted by Gasteiger charge is -2.26. The predicted octanol–water partition coefficient (Wildman–Crippen LogP) is 2.65. The summed E-state index contributed by atoms with van der Waals surface area (Å²) in [5.41, 5.74) is 0. The van der Waals surface area contributed by atoms with E-state index in [0.29, 0.717) is 18.1 Å². The molecule has 1 aliphatic heterocycles. The van der Waals surface area contributed by atoms with Crippen LogP contribution in [0.1, 0.15) is 16.3 Å². The second-order valence-electron chi connectivity index (χ2n) is 6.91. The summed E-state index contributed by atoms with van der Waals surface area (Å²) in [5, 5.41) is 8.54. The van der Waals surface area contributed by atoms with Crippen LogP contribution in [-0.4, -0.2) is 50.1 Å². The van der Waals surface area contributed by atoms with Crippen LogP contribution in [0.3, 0.4) is 0 Å². The molecule has 0 bridgehead atoms. The highest BCUT2D eigenvalue weighted by molar-refractivity contribution is 5.91. The Kier molecular flexibility index (Phi) is 5.89. The van der Waals surface area contributed by atoms with Crippen LogP contribution in [0.25, 0.3) is 10.8 Å². The number of carbonyl (C=O) groups excluding carboxylic acids is 1. The van der Waals surface area contributed by atoms with Crippen LogP contribution in [0, 0.1) is 0 Å². The summed E-state index contributed by atoms with van der Waals surface area (Å²) in [5.74, 6) is 1.53. The number of benzene rings is 2. The lowest BCUT2D eigenvalue weighted by Crippen LogP contribution is -2.46. The average molecular weight is 379 g/mol. The number of nitrogens with one attached hydrogen (secondary N) is 2. The molecule has 0 saturated carbocycles. The maximum Gasteiger partial charge on any atom is 0.287 e. The van der Waals surface area contributed by atoms with Crippen LogP contribution in [-0.2, 0) is 6.61 Å². The lowest BCUT2D eigenvalue weighted by molar-refractivity contribution is 0.0915. The van der Waals surface area contributed by atoms with Crippen molar-refractivity contribution in [2.24, 2.45) is 0 Å². The number of fused-ring (bicyclic) bond motifs is 1. The summed E-state index contributed by atoms with van der Waals surface area (Å²) in [4.78, 5) is 14.6. The van der Waals surface area contributed by atoms with Gasteiger partial charge in [-0.15, -0.1) is 0 Å². The predicted molar refractivity (Wildman–Crippen MR) is 109 cm³/mol. The van der Waals surface area contributed by atoms with Crippen LogP contribution >= 0.6 is 0 Å². The molecule has 1 fully saturated rings. The van der Waals surface area contributed by atoms with Crippen molar-refractivity contribution < 1.29 is 13.9 Å². The number of amides is 1. The number of piperazine rings is 1. The zero-order valence-corrected chi connectivity index (χ0v) is 15.8. The molecule has 0 spiro atoms. The van der Waals surface area contributed by atoms with Gasteiger partial charge in [-0.25, -0.2) is 0 Å². The van der Waals surface area contributed by atoms with E-state index in [1.54, 1.807) is 12.1 Å². The van der Waals surface area contributed by atoms with Gasteiger partial charge in [-0.2, -0.15) is 0 Å². The molecule has 0 radical (unpaired) electrons. The Bertz CT molecular complexity index is 931. The molecule has 1 aliphatic rings. The third-order valence-corrected chi connectivity index (χ3v) is 4.91. The molecular weight excluding hydrogens is 354 g/mol. The van der Waals surface area contributed by atoms with Gasteiger partial charge in [0.15, 0.2) is 5.76 Å². The lowest BCUT2D eigenvalue weighted by atomic mass is 10.1. The molecule has 6 heteroatoms. The number of carbonyl (C=O) groups is 1. The Hall–Kier alpha value is -2.83. The molecular formula is C22H25N3O3. The molecule has 0 aliphatic carbocycles. The van der Waals surface area contributed by atoms with Gasteiger partial charge < -0.3 is 19.8 Å². The summed E-state index contributed by atoms with van der Waals surface area (Å²) in [6.45, 7) is 5.81. The number of hydrogen-bond donors (Lipinski definition) is 2. The fraction of sp³-hybridized carbons (Fsp3) is 0.318. The van der Waals surface area contributed by atoms with Gasteiger partial charge in [-0.05, 0) is 35.0 Å². The van der Waals surface area contributed by atoms with Crippen LogP contribution in [0.2, 0.25) is 0 Å². The standard InChI is InChI=1S/C22H25N3O3/c26-22(24-11-14-25-12-9-23-10-13-25)21-8-7-20(28-21)16-27-19-6-5-17-3-1-2-4-18(17)15-19/h1-8,15,23H,9-14,16H2,(H,24,26). The van der Waals surface area contributed by atoms with Crippen LogP contribution in [0.4, 0.5) is 0 Å². The molecule has 2 N–H and O–H groups in total. The van der Waals surface area contributed by atoms with E-state index in [-0.39, 0.29) is 12.5 Å². The normalized spacial score (nSPS) is 14.9. The van der Waals surface area contributed by atoms with Gasteiger partial charge in [0.25, 0.3) is 5.91 Å². The third-order valence-electron chi connectivity index (χ3n) is 4.91. The van der Waals surface area contributed by atoms with Gasteiger partial charge in [0.1, 0.15) is 18.1 Å². The molecule has 1 amide bonds. The summed E-state index contributed by atoms with van der Waals surface area (Å²) in [6, 6.07) is 17.6. The molecule has 1 saturated heterocycles. The van der Waals surface area contributed by atoms with E-state index in [9.17, 15) is 4.79 Å². The highest BCUT2D eigenvalue weighted by Crippen LogP contribution is 2.21. The molecule has 6 nitrogen and oxygen atoms in total. The molecule has 4 rings (SSSR count). The summed E-state index contributed by atoms with van der Waals surface area (Å²) in [7, 11) is 0. The van der Waals surface area contributed by atoms with E-state index in [1.807, 2.05) is 30.3 Å². The molecule has 0 atom stereocenters. The Morgan fingerprint density at radius 2 is 1.89 bits per heavy atom. The zero-order valence-electron chi connectivity index (χ0n) is 15.8. The number of hydrogen-bond acceptors (Lipinski definition) is 5. The summed E-state index contributed by atoms with van der Waals surface area (Å²) >= 11 is 0. The van der Waals surface area contributed by atoms with Crippen molar-refractivity contribution in [3.8, 4) is 5.75 Å². The van der Waals surface area contributed by atoms with Crippen molar-refractivity contribution in [1.82, 2.24) is 15.5 Å². The molecule has 2 aromatic carbocycles. The number of rotatable bonds is 7. The molecule has 0 unspecified atom stereocenters. The first-order valence-corrected chi connectivity index (χ1v) is 9.69. The van der Waals surface area contributed by atoms with Gasteiger partial charge in [0.05, 0.1) is 0 Å². The SMILES string of the molecule is O=C(NCCN1CCNCC1)c1ccc(COc2ccc3ccccc3c2)o1. The number of nitrogens with zero attached hydrogens (tertiary/aromatic N) is 1. The van der Waals surface area contributed by atoms with Crippen LogP contribution in [0.15, 0.2) is 59.0 Å².